The summed E-state index contributed by atoms with van der Waals surface area (Å²) >= 11 is 0. The number of hydrogen-bond acceptors (Lipinski definition) is 4. The number of carbonyl (C=O) groups is 2. The van der Waals surface area contributed by atoms with Crippen molar-refractivity contribution < 1.29 is 14.3 Å². The number of para-hydroxylation sites is 2. The lowest BCUT2D eigenvalue weighted by molar-refractivity contribution is 0.0953. The first-order valence-corrected chi connectivity index (χ1v) is 7.34. The zero-order valence-corrected chi connectivity index (χ0v) is 13.1. The van der Waals surface area contributed by atoms with Crippen LogP contribution in [0.1, 0.15) is 34.2 Å². The first-order chi connectivity index (χ1) is 11.2. The molecule has 6 nitrogen and oxygen atoms in total. The number of nitrogens with zero attached hydrogens (tertiary/aromatic N) is 1. The molecule has 0 saturated carbocycles. The number of pyridine rings is 1. The molecule has 0 atom stereocenters. The molecule has 1 aromatic carbocycles. The van der Waals surface area contributed by atoms with Gasteiger partial charge in [0.15, 0.2) is 0 Å². The monoisotopic (exact) mass is 313 g/mol. The van der Waals surface area contributed by atoms with Gasteiger partial charge in [0.05, 0.1) is 12.8 Å². The molecule has 2 aromatic rings. The van der Waals surface area contributed by atoms with Crippen LogP contribution < -0.4 is 15.4 Å². The van der Waals surface area contributed by atoms with E-state index in [1.54, 1.807) is 24.3 Å². The Balaban J connectivity index is 2.15. The largest absolute Gasteiger partial charge is 0.495 e. The standard InChI is InChI=1S/C17H19N3O3/c1-3-9-19-16(21)12-8-10-18-14(11-12)17(22)20-13-6-4-5-7-15(13)23-2/h4-8,10-11H,3,9H2,1-2H3,(H,19,21)(H,20,22). The second kappa shape index (κ2) is 7.93. The zero-order valence-electron chi connectivity index (χ0n) is 13.1. The van der Waals surface area contributed by atoms with Crippen molar-refractivity contribution in [3.63, 3.8) is 0 Å². The van der Waals surface area contributed by atoms with Crippen molar-refractivity contribution in [3.05, 3.63) is 53.9 Å². The quantitative estimate of drug-likeness (QED) is 0.858. The maximum atomic E-state index is 12.3. The molecule has 1 heterocycles. The van der Waals surface area contributed by atoms with Crippen LogP contribution in [0.5, 0.6) is 5.75 Å². The molecule has 0 unspecified atom stereocenters. The lowest BCUT2D eigenvalue weighted by Gasteiger charge is -2.10. The van der Waals surface area contributed by atoms with Crippen molar-refractivity contribution in [3.8, 4) is 5.75 Å². The van der Waals surface area contributed by atoms with E-state index in [0.717, 1.165) is 6.42 Å². The Bertz CT molecular complexity index is 701. The Hall–Kier alpha value is -2.89. The van der Waals surface area contributed by atoms with E-state index in [1.165, 1.54) is 19.4 Å². The van der Waals surface area contributed by atoms with Crippen LogP contribution in [0.3, 0.4) is 0 Å². The average molecular weight is 313 g/mol. The number of anilines is 1. The Morgan fingerprint density at radius 1 is 1.17 bits per heavy atom. The van der Waals surface area contributed by atoms with Crippen LogP contribution >= 0.6 is 0 Å². The summed E-state index contributed by atoms with van der Waals surface area (Å²) in [6.45, 7) is 2.56. The molecule has 0 spiro atoms. The van der Waals surface area contributed by atoms with Crippen molar-refractivity contribution >= 4 is 17.5 Å². The summed E-state index contributed by atoms with van der Waals surface area (Å²) in [6, 6.07) is 10.1. The molecule has 6 heteroatoms. The Kier molecular flexibility index (Phi) is 5.68. The van der Waals surface area contributed by atoms with Crippen LogP contribution in [0.2, 0.25) is 0 Å². The number of rotatable bonds is 6. The van der Waals surface area contributed by atoms with E-state index in [1.807, 2.05) is 13.0 Å². The molecule has 0 bridgehead atoms. The molecule has 0 aliphatic heterocycles. The van der Waals surface area contributed by atoms with Gasteiger partial charge in [-0.3, -0.25) is 14.6 Å². The number of methoxy groups -OCH3 is 1. The van der Waals surface area contributed by atoms with Gasteiger partial charge in [0.1, 0.15) is 11.4 Å². The van der Waals surface area contributed by atoms with Crippen molar-refractivity contribution in [1.82, 2.24) is 10.3 Å². The summed E-state index contributed by atoms with van der Waals surface area (Å²) in [6.07, 6.45) is 2.29. The molecule has 2 rings (SSSR count). The molecule has 0 saturated heterocycles. The van der Waals surface area contributed by atoms with Crippen LogP contribution in [0.4, 0.5) is 5.69 Å². The molecule has 0 aliphatic carbocycles. The molecule has 2 N–H and O–H groups in total. The molecule has 0 radical (unpaired) electrons. The fourth-order valence-electron chi connectivity index (χ4n) is 1.97. The first kappa shape index (κ1) is 16.5. The third-order valence-corrected chi connectivity index (χ3v) is 3.15. The highest BCUT2D eigenvalue weighted by molar-refractivity contribution is 6.05. The normalized spacial score (nSPS) is 10.0. The fourth-order valence-corrected chi connectivity index (χ4v) is 1.97. The molecule has 0 fully saturated rings. The van der Waals surface area contributed by atoms with E-state index in [4.69, 9.17) is 4.74 Å². The lowest BCUT2D eigenvalue weighted by atomic mass is 10.2. The summed E-state index contributed by atoms with van der Waals surface area (Å²) in [5.41, 5.74) is 1.11. The van der Waals surface area contributed by atoms with Gasteiger partial charge >= 0.3 is 0 Å². The number of amides is 2. The van der Waals surface area contributed by atoms with Crippen molar-refractivity contribution in [2.45, 2.75) is 13.3 Å². The maximum Gasteiger partial charge on any atom is 0.274 e. The molecular weight excluding hydrogens is 294 g/mol. The van der Waals surface area contributed by atoms with Crippen molar-refractivity contribution in [2.75, 3.05) is 19.0 Å². The third kappa shape index (κ3) is 4.29. The molecule has 23 heavy (non-hydrogen) atoms. The van der Waals surface area contributed by atoms with Gasteiger partial charge in [-0.15, -0.1) is 0 Å². The topological polar surface area (TPSA) is 80.3 Å². The SMILES string of the molecule is CCCNC(=O)c1ccnc(C(=O)Nc2ccccc2OC)c1. The van der Waals surface area contributed by atoms with E-state index >= 15 is 0 Å². The zero-order chi connectivity index (χ0) is 16.7. The number of carbonyl (C=O) groups excluding carboxylic acids is 2. The minimum absolute atomic E-state index is 0.167. The third-order valence-electron chi connectivity index (χ3n) is 3.15. The number of nitrogens with one attached hydrogen (secondary N) is 2. The molecule has 1 aromatic heterocycles. The van der Waals surface area contributed by atoms with Gasteiger partial charge in [-0.2, -0.15) is 0 Å². The first-order valence-electron chi connectivity index (χ1n) is 7.34. The van der Waals surface area contributed by atoms with E-state index in [9.17, 15) is 9.59 Å². The van der Waals surface area contributed by atoms with Gasteiger partial charge in [0.25, 0.3) is 11.8 Å². The predicted octanol–water partition coefficient (Wildman–Crippen LogP) is 2.48. The van der Waals surface area contributed by atoms with Gasteiger partial charge in [0, 0.05) is 18.3 Å². The van der Waals surface area contributed by atoms with Gasteiger partial charge in [0.2, 0.25) is 0 Å². The van der Waals surface area contributed by atoms with E-state index in [-0.39, 0.29) is 11.6 Å². The fraction of sp³-hybridized carbons (Fsp3) is 0.235. The van der Waals surface area contributed by atoms with Gasteiger partial charge in [-0.1, -0.05) is 19.1 Å². The second-order valence-corrected chi connectivity index (χ2v) is 4.84. The highest BCUT2D eigenvalue weighted by Crippen LogP contribution is 2.23. The maximum absolute atomic E-state index is 12.3. The van der Waals surface area contributed by atoms with Gasteiger partial charge in [-0.05, 0) is 30.7 Å². The van der Waals surface area contributed by atoms with E-state index in [0.29, 0.717) is 23.5 Å². The highest BCUT2D eigenvalue weighted by atomic mass is 16.5. The van der Waals surface area contributed by atoms with Crippen molar-refractivity contribution in [2.24, 2.45) is 0 Å². The van der Waals surface area contributed by atoms with Gasteiger partial charge < -0.3 is 15.4 Å². The summed E-state index contributed by atoms with van der Waals surface area (Å²) < 4.78 is 5.19. The molecule has 0 aliphatic rings. The number of ether oxygens (including phenoxy) is 1. The van der Waals surface area contributed by atoms with Crippen LogP contribution in [0.15, 0.2) is 42.6 Å². The Labute approximate surface area is 134 Å². The minimum Gasteiger partial charge on any atom is -0.495 e. The Morgan fingerprint density at radius 3 is 2.70 bits per heavy atom. The van der Waals surface area contributed by atoms with Crippen LogP contribution in [-0.2, 0) is 0 Å². The lowest BCUT2D eigenvalue weighted by Crippen LogP contribution is -2.24. The molecular formula is C17H19N3O3. The average Bonchev–Trinajstić information content (AvgIpc) is 2.60. The second-order valence-electron chi connectivity index (χ2n) is 4.84. The summed E-state index contributed by atoms with van der Waals surface area (Å²) in [5, 5.41) is 5.49. The minimum atomic E-state index is -0.403. The summed E-state index contributed by atoms with van der Waals surface area (Å²) in [5.74, 6) is -0.0714. The Morgan fingerprint density at radius 2 is 1.96 bits per heavy atom. The van der Waals surface area contributed by atoms with Gasteiger partial charge in [-0.25, -0.2) is 0 Å². The molecule has 2 amide bonds. The smallest absolute Gasteiger partial charge is 0.274 e. The highest BCUT2D eigenvalue weighted by Gasteiger charge is 2.13. The van der Waals surface area contributed by atoms with Crippen LogP contribution in [0.25, 0.3) is 0 Å². The number of benzene rings is 1. The van der Waals surface area contributed by atoms with E-state index < -0.39 is 5.91 Å². The number of hydrogen-bond donors (Lipinski definition) is 2. The van der Waals surface area contributed by atoms with Crippen LogP contribution in [-0.4, -0.2) is 30.5 Å². The van der Waals surface area contributed by atoms with Crippen LogP contribution in [0, 0.1) is 0 Å². The summed E-state index contributed by atoms with van der Waals surface area (Å²) in [4.78, 5) is 28.3. The number of aromatic nitrogens is 1. The molecule has 120 valence electrons. The van der Waals surface area contributed by atoms with Crippen molar-refractivity contribution in [1.29, 1.82) is 0 Å². The summed E-state index contributed by atoms with van der Waals surface area (Å²) in [7, 11) is 1.53. The predicted molar refractivity (Wildman–Crippen MR) is 87.8 cm³/mol. The van der Waals surface area contributed by atoms with E-state index in [2.05, 4.69) is 15.6 Å².